The standard InChI is InChI=1S/C20H28N4OS/c25-17-13-23(12-16-4-2-1-3-5-16)10-11-24(14-17)15-18-6-7-20(26-18)19-8-9-21-22-19/h1-7,17,19,21-22,25H,8-15H2. The second kappa shape index (κ2) is 8.61. The lowest BCUT2D eigenvalue weighted by Gasteiger charge is -2.21. The van der Waals surface area contributed by atoms with E-state index in [1.54, 1.807) is 0 Å². The summed E-state index contributed by atoms with van der Waals surface area (Å²) < 4.78 is 0. The average Bonchev–Trinajstić information content (AvgIpc) is 3.28. The molecule has 6 heteroatoms. The molecular formula is C20H28N4OS. The predicted molar refractivity (Wildman–Crippen MR) is 106 cm³/mol. The van der Waals surface area contributed by atoms with E-state index in [1.165, 1.54) is 15.3 Å². The quantitative estimate of drug-likeness (QED) is 0.749. The van der Waals surface area contributed by atoms with Crippen LogP contribution >= 0.6 is 11.3 Å². The maximum absolute atomic E-state index is 10.5. The first-order chi connectivity index (χ1) is 12.8. The Morgan fingerprint density at radius 3 is 2.50 bits per heavy atom. The summed E-state index contributed by atoms with van der Waals surface area (Å²) in [6, 6.07) is 15.5. The number of β-amino-alcohol motifs (C(OH)–C–C–N with tert-alkyl or cyclic N) is 1. The molecule has 3 N–H and O–H groups in total. The van der Waals surface area contributed by atoms with Gasteiger partial charge in [0.2, 0.25) is 0 Å². The van der Waals surface area contributed by atoms with E-state index >= 15 is 0 Å². The van der Waals surface area contributed by atoms with Crippen LogP contribution in [-0.4, -0.2) is 53.7 Å². The van der Waals surface area contributed by atoms with E-state index in [4.69, 9.17) is 0 Å². The smallest absolute Gasteiger partial charge is 0.0794 e. The lowest BCUT2D eigenvalue weighted by Crippen LogP contribution is -2.33. The molecule has 1 aromatic heterocycles. The Labute approximate surface area is 159 Å². The molecule has 0 aliphatic carbocycles. The Morgan fingerprint density at radius 2 is 1.77 bits per heavy atom. The Balaban J connectivity index is 1.33. The SMILES string of the molecule is OC1CN(Cc2ccccc2)CCN(Cc2ccc(C3CCNN3)s2)C1. The van der Waals surface area contributed by atoms with Crippen LogP contribution in [-0.2, 0) is 13.1 Å². The van der Waals surface area contributed by atoms with Crippen molar-refractivity contribution in [3.8, 4) is 0 Å². The van der Waals surface area contributed by atoms with E-state index in [-0.39, 0.29) is 6.10 Å². The largest absolute Gasteiger partial charge is 0.390 e. The van der Waals surface area contributed by atoms with Crippen LogP contribution in [0.15, 0.2) is 42.5 Å². The number of hydrazine groups is 1. The number of aliphatic hydroxyl groups is 1. The molecule has 0 amide bonds. The van der Waals surface area contributed by atoms with Gasteiger partial charge in [0.25, 0.3) is 0 Å². The number of thiophene rings is 1. The van der Waals surface area contributed by atoms with E-state index in [9.17, 15) is 5.11 Å². The molecule has 2 unspecified atom stereocenters. The van der Waals surface area contributed by atoms with Crippen molar-refractivity contribution in [1.82, 2.24) is 20.7 Å². The third-order valence-corrected chi connectivity index (χ3v) is 6.34. The summed E-state index contributed by atoms with van der Waals surface area (Å²) in [5.41, 5.74) is 7.86. The van der Waals surface area contributed by atoms with Crippen LogP contribution in [0.1, 0.15) is 27.8 Å². The second-order valence-electron chi connectivity index (χ2n) is 7.33. The number of aliphatic hydroxyl groups excluding tert-OH is 1. The molecule has 26 heavy (non-hydrogen) atoms. The normalized spacial score (nSPS) is 25.4. The van der Waals surface area contributed by atoms with Crippen molar-refractivity contribution in [2.45, 2.75) is 31.7 Å². The average molecular weight is 373 g/mol. The van der Waals surface area contributed by atoms with E-state index in [0.29, 0.717) is 6.04 Å². The zero-order valence-corrected chi connectivity index (χ0v) is 15.9. The highest BCUT2D eigenvalue weighted by Gasteiger charge is 2.23. The summed E-state index contributed by atoms with van der Waals surface area (Å²) in [5, 5.41) is 10.5. The zero-order chi connectivity index (χ0) is 17.8. The Bertz CT molecular complexity index is 686. The fourth-order valence-corrected chi connectivity index (χ4v) is 4.97. The van der Waals surface area contributed by atoms with Gasteiger partial charge in [-0.15, -0.1) is 11.3 Å². The monoisotopic (exact) mass is 372 g/mol. The minimum Gasteiger partial charge on any atom is -0.390 e. The van der Waals surface area contributed by atoms with Gasteiger partial charge in [-0.05, 0) is 24.1 Å². The second-order valence-corrected chi connectivity index (χ2v) is 8.53. The van der Waals surface area contributed by atoms with Gasteiger partial charge in [-0.2, -0.15) is 0 Å². The molecule has 0 bridgehead atoms. The van der Waals surface area contributed by atoms with E-state index in [0.717, 1.165) is 52.2 Å². The molecule has 1 aromatic carbocycles. The number of nitrogens with zero attached hydrogens (tertiary/aromatic N) is 2. The van der Waals surface area contributed by atoms with E-state index in [2.05, 4.69) is 63.1 Å². The van der Waals surface area contributed by atoms with Crippen molar-refractivity contribution < 1.29 is 5.11 Å². The maximum atomic E-state index is 10.5. The van der Waals surface area contributed by atoms with Crippen molar-refractivity contribution in [1.29, 1.82) is 0 Å². The molecule has 0 spiro atoms. The number of hydrogen-bond acceptors (Lipinski definition) is 6. The Kier molecular flexibility index (Phi) is 5.99. The molecule has 2 atom stereocenters. The van der Waals surface area contributed by atoms with Crippen molar-refractivity contribution >= 4 is 11.3 Å². The molecular weight excluding hydrogens is 344 g/mol. The van der Waals surface area contributed by atoms with Gasteiger partial charge in [0.1, 0.15) is 0 Å². The van der Waals surface area contributed by atoms with Crippen LogP contribution in [0, 0.1) is 0 Å². The number of hydrogen-bond donors (Lipinski definition) is 3. The summed E-state index contributed by atoms with van der Waals surface area (Å²) >= 11 is 1.90. The third kappa shape index (κ3) is 4.71. The summed E-state index contributed by atoms with van der Waals surface area (Å²) in [4.78, 5) is 7.56. The molecule has 4 rings (SSSR count). The minimum atomic E-state index is -0.290. The highest BCUT2D eigenvalue weighted by Crippen LogP contribution is 2.27. The van der Waals surface area contributed by atoms with Crippen molar-refractivity contribution in [3.05, 3.63) is 57.8 Å². The number of rotatable bonds is 5. The fourth-order valence-electron chi connectivity index (χ4n) is 3.83. The van der Waals surface area contributed by atoms with Crippen LogP contribution < -0.4 is 10.9 Å². The van der Waals surface area contributed by atoms with Crippen LogP contribution in [0.4, 0.5) is 0 Å². The molecule has 140 valence electrons. The first kappa shape index (κ1) is 18.1. The fraction of sp³-hybridized carbons (Fsp3) is 0.500. The van der Waals surface area contributed by atoms with Crippen molar-refractivity contribution in [3.63, 3.8) is 0 Å². The Hall–Kier alpha value is -1.28. The molecule has 2 saturated heterocycles. The molecule has 2 aromatic rings. The summed E-state index contributed by atoms with van der Waals surface area (Å²) in [6.07, 6.45) is 0.859. The van der Waals surface area contributed by atoms with Gasteiger partial charge in [0.15, 0.2) is 0 Å². The molecule has 5 nitrogen and oxygen atoms in total. The van der Waals surface area contributed by atoms with Gasteiger partial charge in [0, 0.05) is 55.6 Å². The predicted octanol–water partition coefficient (Wildman–Crippen LogP) is 1.97. The first-order valence-electron chi connectivity index (χ1n) is 9.50. The lowest BCUT2D eigenvalue weighted by atomic mass is 10.2. The molecule has 2 aliphatic rings. The molecule has 2 aliphatic heterocycles. The number of nitrogens with one attached hydrogen (secondary N) is 2. The highest BCUT2D eigenvalue weighted by atomic mass is 32.1. The summed E-state index contributed by atoms with van der Waals surface area (Å²) in [5.74, 6) is 0. The van der Waals surface area contributed by atoms with Gasteiger partial charge in [-0.1, -0.05) is 30.3 Å². The lowest BCUT2D eigenvalue weighted by molar-refractivity contribution is 0.106. The van der Waals surface area contributed by atoms with Crippen molar-refractivity contribution in [2.24, 2.45) is 0 Å². The minimum absolute atomic E-state index is 0.290. The highest BCUT2D eigenvalue weighted by molar-refractivity contribution is 7.12. The number of benzene rings is 1. The molecule has 0 saturated carbocycles. The third-order valence-electron chi connectivity index (χ3n) is 5.16. The topological polar surface area (TPSA) is 50.8 Å². The van der Waals surface area contributed by atoms with Crippen LogP contribution in [0.5, 0.6) is 0 Å². The van der Waals surface area contributed by atoms with Crippen LogP contribution in [0.3, 0.4) is 0 Å². The van der Waals surface area contributed by atoms with Crippen LogP contribution in [0.2, 0.25) is 0 Å². The molecule has 0 radical (unpaired) electrons. The van der Waals surface area contributed by atoms with E-state index in [1.807, 2.05) is 11.3 Å². The summed E-state index contributed by atoms with van der Waals surface area (Å²) in [6.45, 7) is 6.38. The van der Waals surface area contributed by atoms with Gasteiger partial charge in [0.05, 0.1) is 12.1 Å². The Morgan fingerprint density at radius 1 is 1.00 bits per heavy atom. The zero-order valence-electron chi connectivity index (χ0n) is 15.1. The first-order valence-corrected chi connectivity index (χ1v) is 10.3. The van der Waals surface area contributed by atoms with Gasteiger partial charge < -0.3 is 5.11 Å². The van der Waals surface area contributed by atoms with Gasteiger partial charge >= 0.3 is 0 Å². The molecule has 2 fully saturated rings. The van der Waals surface area contributed by atoms with Crippen molar-refractivity contribution in [2.75, 3.05) is 32.7 Å². The van der Waals surface area contributed by atoms with Gasteiger partial charge in [-0.25, -0.2) is 5.43 Å². The van der Waals surface area contributed by atoms with E-state index < -0.39 is 0 Å². The van der Waals surface area contributed by atoms with Crippen LogP contribution in [0.25, 0.3) is 0 Å². The molecule has 3 heterocycles. The summed E-state index contributed by atoms with van der Waals surface area (Å²) in [7, 11) is 0. The van der Waals surface area contributed by atoms with Gasteiger partial charge in [-0.3, -0.25) is 15.2 Å². The maximum Gasteiger partial charge on any atom is 0.0794 e.